The Balaban J connectivity index is 1.71. The summed E-state index contributed by atoms with van der Waals surface area (Å²) in [5, 5.41) is 1.67. The van der Waals surface area contributed by atoms with E-state index in [1.54, 1.807) is 29.6 Å². The van der Waals surface area contributed by atoms with Crippen LogP contribution in [0.4, 0.5) is 8.78 Å². The van der Waals surface area contributed by atoms with Gasteiger partial charge in [-0.25, -0.2) is 0 Å². The zero-order valence-electron chi connectivity index (χ0n) is 22.1. The fourth-order valence-corrected chi connectivity index (χ4v) is 6.06. The molecule has 1 N–H and O–H groups in total. The molecular formula is C22H24B6ClF2N3O4. The summed E-state index contributed by atoms with van der Waals surface area (Å²) in [6, 6.07) is 5.75. The average molecular weight is 533 g/mol. The van der Waals surface area contributed by atoms with Gasteiger partial charge < -0.3 is 9.71 Å². The van der Waals surface area contributed by atoms with Crippen LogP contribution in [0.1, 0.15) is 45.8 Å². The molecule has 2 aromatic carbocycles. The molecule has 1 fully saturated rings. The van der Waals surface area contributed by atoms with Crippen LogP contribution >= 0.6 is 11.6 Å². The molecule has 4 amide bonds. The molecule has 0 spiro atoms. The van der Waals surface area contributed by atoms with Crippen molar-refractivity contribution in [3.05, 3.63) is 57.6 Å². The second-order valence-corrected chi connectivity index (χ2v) is 11.0. The van der Waals surface area contributed by atoms with Gasteiger partial charge in [-0.05, 0) is 29.7 Å². The molecular weight excluding hydrogens is 509 g/mol. The highest BCUT2D eigenvalue weighted by molar-refractivity contribution is 6.49. The number of amides is 4. The van der Waals surface area contributed by atoms with Gasteiger partial charge in [-0.15, -0.1) is 0 Å². The van der Waals surface area contributed by atoms with E-state index in [0.717, 1.165) is 16.9 Å². The van der Waals surface area contributed by atoms with E-state index in [0.29, 0.717) is 27.6 Å². The van der Waals surface area contributed by atoms with Gasteiger partial charge in [0.2, 0.25) is 19.8 Å². The first kappa shape index (κ1) is 28.1. The van der Waals surface area contributed by atoms with Gasteiger partial charge >= 0.3 is 5.92 Å². The van der Waals surface area contributed by atoms with Gasteiger partial charge in [0, 0.05) is 33.8 Å². The SMILES string of the molecule is Bc1cc2c(c(B)c1C(B)N(B)C(=O)C(F)(F)c1ccc(Cl)cc1)C(B)(B)N(C1CCC(=O)NC1=O)C2=O. The third kappa shape index (κ3) is 4.38. The van der Waals surface area contributed by atoms with E-state index in [1.807, 2.05) is 15.7 Å². The summed E-state index contributed by atoms with van der Waals surface area (Å²) >= 11 is 5.82. The van der Waals surface area contributed by atoms with Gasteiger partial charge in [0.05, 0.1) is 0 Å². The van der Waals surface area contributed by atoms with Crippen molar-refractivity contribution in [2.24, 2.45) is 0 Å². The minimum atomic E-state index is -3.77. The largest absolute Gasteiger partial charge is 0.389 e. The van der Waals surface area contributed by atoms with Crippen molar-refractivity contribution in [2.75, 3.05) is 0 Å². The molecule has 2 atom stereocenters. The second-order valence-electron chi connectivity index (χ2n) is 10.5. The first-order valence-corrected chi connectivity index (χ1v) is 12.7. The van der Waals surface area contributed by atoms with Crippen LogP contribution in [0, 0.1) is 0 Å². The highest BCUT2D eigenvalue weighted by Gasteiger charge is 2.50. The number of carbonyl (C=O) groups is 4. The summed E-state index contributed by atoms with van der Waals surface area (Å²) in [5.41, 5.74) is 2.64. The molecule has 0 radical (unpaired) electrons. The molecule has 0 bridgehead atoms. The summed E-state index contributed by atoms with van der Waals surface area (Å²) in [4.78, 5) is 53.4. The van der Waals surface area contributed by atoms with Crippen molar-refractivity contribution in [1.82, 2.24) is 15.0 Å². The van der Waals surface area contributed by atoms with Gasteiger partial charge in [-0.3, -0.25) is 24.5 Å². The Morgan fingerprint density at radius 2 is 1.79 bits per heavy atom. The molecule has 1 saturated heterocycles. The normalized spacial score (nSPS) is 19.6. The van der Waals surface area contributed by atoms with Crippen LogP contribution in [0.2, 0.25) is 5.02 Å². The Hall–Kier alpha value is -2.94. The molecule has 0 aromatic heterocycles. The standard InChI is InChI=1S/C22H24B6ClF2N3O4/c23-11-7-10-15(22(26,27)33(19(10)37)12-5-6-13(35)32-18(12)36)16(24)14(11)17(25)34(28)20(38)21(30,31)8-1-3-9(29)4-2-8/h1-4,7,12,17H,5-6,23-28H2,(H,32,35,36). The average Bonchev–Trinajstić information content (AvgIpc) is 3.03. The number of benzene rings is 2. The lowest BCUT2D eigenvalue weighted by Gasteiger charge is -2.41. The lowest BCUT2D eigenvalue weighted by molar-refractivity contribution is -0.154. The van der Waals surface area contributed by atoms with Crippen molar-refractivity contribution < 1.29 is 28.0 Å². The fourth-order valence-electron chi connectivity index (χ4n) is 5.94. The number of halogens is 3. The predicted molar refractivity (Wildman–Crippen MR) is 156 cm³/mol. The van der Waals surface area contributed by atoms with E-state index in [4.69, 9.17) is 11.6 Å². The predicted octanol–water partition coefficient (Wildman–Crippen LogP) is -4.71. The van der Waals surface area contributed by atoms with Crippen molar-refractivity contribution in [3.8, 4) is 0 Å². The van der Waals surface area contributed by atoms with Crippen molar-refractivity contribution >= 4 is 93.4 Å². The number of piperidine rings is 1. The third-order valence-electron chi connectivity index (χ3n) is 7.81. The Morgan fingerprint density at radius 3 is 2.37 bits per heavy atom. The van der Waals surface area contributed by atoms with Gasteiger partial charge in [0.25, 0.3) is 11.8 Å². The second kappa shape index (κ2) is 9.67. The van der Waals surface area contributed by atoms with Crippen LogP contribution in [0.5, 0.6) is 0 Å². The fraction of sp³-hybridized carbons (Fsp3) is 0.273. The van der Waals surface area contributed by atoms with Crippen molar-refractivity contribution in [2.45, 2.75) is 36.1 Å². The number of rotatable bonds is 5. The Bertz CT molecular complexity index is 1380. The summed E-state index contributed by atoms with van der Waals surface area (Å²) in [5.74, 6) is -7.12. The first-order valence-electron chi connectivity index (χ1n) is 12.3. The zero-order chi connectivity index (χ0) is 28.3. The summed E-state index contributed by atoms with van der Waals surface area (Å²) in [6.45, 7) is 0. The van der Waals surface area contributed by atoms with Gasteiger partial charge in [0.15, 0.2) is 0 Å². The topological polar surface area (TPSA) is 86.8 Å². The molecule has 0 aliphatic carbocycles. The molecule has 2 aromatic rings. The highest BCUT2D eigenvalue weighted by atomic mass is 35.5. The van der Waals surface area contributed by atoms with Gasteiger partial charge in [-0.2, -0.15) is 8.78 Å². The summed E-state index contributed by atoms with van der Waals surface area (Å²) in [6.07, 6.45) is 0.341. The lowest BCUT2D eigenvalue weighted by atomic mass is 9.54. The van der Waals surface area contributed by atoms with E-state index in [9.17, 15) is 19.2 Å². The van der Waals surface area contributed by atoms with Gasteiger partial charge in [-0.1, -0.05) is 40.7 Å². The van der Waals surface area contributed by atoms with Crippen LogP contribution < -0.4 is 16.2 Å². The monoisotopic (exact) mass is 533 g/mol. The Kier molecular flexibility index (Phi) is 7.14. The number of hydrogen-bond acceptors (Lipinski definition) is 4. The molecule has 2 aliphatic heterocycles. The van der Waals surface area contributed by atoms with E-state index < -0.39 is 40.6 Å². The van der Waals surface area contributed by atoms with Crippen LogP contribution in [0.25, 0.3) is 0 Å². The van der Waals surface area contributed by atoms with Crippen LogP contribution in [0.3, 0.4) is 0 Å². The molecule has 38 heavy (non-hydrogen) atoms. The van der Waals surface area contributed by atoms with Crippen LogP contribution in [-0.2, 0) is 25.6 Å². The number of carbonyl (C=O) groups excluding carboxylic acids is 4. The van der Waals surface area contributed by atoms with Crippen molar-refractivity contribution in [3.63, 3.8) is 0 Å². The van der Waals surface area contributed by atoms with E-state index in [-0.39, 0.29) is 29.7 Å². The first-order chi connectivity index (χ1) is 17.6. The van der Waals surface area contributed by atoms with E-state index in [2.05, 4.69) is 5.32 Å². The number of fused-ring (bicyclic) bond motifs is 1. The van der Waals surface area contributed by atoms with Gasteiger partial charge in [0.1, 0.15) is 45.3 Å². The van der Waals surface area contributed by atoms with E-state index >= 15 is 8.78 Å². The molecule has 7 nitrogen and oxygen atoms in total. The van der Waals surface area contributed by atoms with E-state index in [1.165, 1.54) is 25.0 Å². The quantitative estimate of drug-likeness (QED) is 0.310. The molecule has 16 heteroatoms. The minimum absolute atomic E-state index is 0.127. The third-order valence-corrected chi connectivity index (χ3v) is 8.07. The highest BCUT2D eigenvalue weighted by Crippen LogP contribution is 2.38. The number of alkyl halides is 2. The number of nitrogens with zero attached hydrogens (tertiary/aromatic N) is 2. The minimum Gasteiger partial charge on any atom is -0.389 e. The Morgan fingerprint density at radius 1 is 1.18 bits per heavy atom. The molecule has 2 aliphatic rings. The molecule has 0 saturated carbocycles. The molecule has 4 rings (SSSR count). The molecule has 2 heterocycles. The Labute approximate surface area is 229 Å². The van der Waals surface area contributed by atoms with Crippen molar-refractivity contribution in [1.29, 1.82) is 0 Å². The number of nitrogens with one attached hydrogen (secondary N) is 1. The summed E-state index contributed by atoms with van der Waals surface area (Å²) in [7, 11) is 10.2. The zero-order valence-corrected chi connectivity index (χ0v) is 22.9. The number of imide groups is 1. The smallest absolute Gasteiger partial charge is 0.348 e. The maximum absolute atomic E-state index is 15.2. The summed E-state index contributed by atoms with van der Waals surface area (Å²) < 4.78 is 30.4. The maximum atomic E-state index is 15.2. The number of hydrogen-bond donors (Lipinski definition) is 1. The lowest BCUT2D eigenvalue weighted by Crippen LogP contribution is -2.59. The van der Waals surface area contributed by atoms with Crippen LogP contribution in [0.15, 0.2) is 30.3 Å². The van der Waals surface area contributed by atoms with Crippen LogP contribution in [-0.4, -0.2) is 86.6 Å². The molecule has 2 unspecified atom stereocenters. The molecule has 190 valence electrons. The maximum Gasteiger partial charge on any atom is 0.348 e.